The van der Waals surface area contributed by atoms with Crippen LogP contribution in [0.1, 0.15) is 6.92 Å². The first kappa shape index (κ1) is 15.9. The third-order valence-electron chi connectivity index (χ3n) is 3.00. The monoisotopic (exact) mass is 334 g/mol. The number of hydrogen-bond donors (Lipinski definition) is 0. The summed E-state index contributed by atoms with van der Waals surface area (Å²) < 4.78 is 30.9. The van der Waals surface area contributed by atoms with E-state index in [9.17, 15) is 13.2 Å². The van der Waals surface area contributed by atoms with Gasteiger partial charge in [-0.05, 0) is 18.5 Å². The molecule has 0 N–H and O–H groups in total. The number of ether oxygens (including phenoxy) is 1. The summed E-state index contributed by atoms with van der Waals surface area (Å²) in [5.74, 6) is 0. The number of piperazine rings is 1. The maximum atomic E-state index is 12.4. The Labute approximate surface area is 127 Å². The average molecular weight is 335 g/mol. The fourth-order valence-corrected chi connectivity index (χ4v) is 3.32. The maximum Gasteiger partial charge on any atom is 0.409 e. The highest BCUT2D eigenvalue weighted by atomic mass is 35.5. The molecule has 21 heavy (non-hydrogen) atoms. The highest BCUT2D eigenvalue weighted by molar-refractivity contribution is 7.89. The van der Waals surface area contributed by atoms with Crippen LogP contribution in [-0.4, -0.2) is 66.5 Å². The van der Waals surface area contributed by atoms with Gasteiger partial charge >= 0.3 is 6.09 Å². The Kier molecular flexibility index (Phi) is 4.96. The van der Waals surface area contributed by atoms with Gasteiger partial charge in [0.05, 0.1) is 19.0 Å². The van der Waals surface area contributed by atoms with Crippen LogP contribution >= 0.6 is 11.6 Å². The minimum absolute atomic E-state index is 0.0129. The first-order valence-corrected chi connectivity index (χ1v) is 8.16. The molecule has 2 heterocycles. The molecule has 1 aromatic rings. The fourth-order valence-electron chi connectivity index (χ4n) is 1.91. The molecule has 1 aliphatic rings. The molecule has 116 valence electrons. The molecule has 2 rings (SSSR count). The van der Waals surface area contributed by atoms with Gasteiger partial charge in [0.25, 0.3) is 0 Å². The first-order valence-electron chi connectivity index (χ1n) is 6.34. The standard InChI is InChI=1S/C11H15ClN4O4S/c1-2-20-11(17)15-3-5-16(6-4-15)21(18,19)9-7-13-10(12)14-8-9/h7-8H,2-6H2,1H3. The molecule has 0 atom stereocenters. The Morgan fingerprint density at radius 2 is 1.86 bits per heavy atom. The summed E-state index contributed by atoms with van der Waals surface area (Å²) in [6.07, 6.45) is 1.91. The Morgan fingerprint density at radius 3 is 2.38 bits per heavy atom. The summed E-state index contributed by atoms with van der Waals surface area (Å²) in [6, 6.07) is 0. The lowest BCUT2D eigenvalue weighted by molar-refractivity contribution is 0.0934. The summed E-state index contributed by atoms with van der Waals surface area (Å²) in [5, 5.41) is -0.0129. The molecular weight excluding hydrogens is 320 g/mol. The van der Waals surface area contributed by atoms with Crippen molar-refractivity contribution in [2.75, 3.05) is 32.8 Å². The smallest absolute Gasteiger partial charge is 0.409 e. The second kappa shape index (κ2) is 6.54. The van der Waals surface area contributed by atoms with Crippen LogP contribution < -0.4 is 0 Å². The van der Waals surface area contributed by atoms with Gasteiger partial charge in [-0.15, -0.1) is 0 Å². The lowest BCUT2D eigenvalue weighted by atomic mass is 10.4. The normalized spacial score (nSPS) is 16.8. The summed E-state index contributed by atoms with van der Waals surface area (Å²) in [6.45, 7) is 2.98. The van der Waals surface area contributed by atoms with Crippen LogP contribution in [0.4, 0.5) is 4.79 Å². The zero-order valence-corrected chi connectivity index (χ0v) is 13.0. The predicted octanol–water partition coefficient (Wildman–Crippen LogP) is 0.593. The highest BCUT2D eigenvalue weighted by Gasteiger charge is 2.30. The third-order valence-corrected chi connectivity index (χ3v) is 5.05. The predicted molar refractivity (Wildman–Crippen MR) is 74.4 cm³/mol. The van der Waals surface area contributed by atoms with Crippen LogP contribution in [0.2, 0.25) is 5.28 Å². The van der Waals surface area contributed by atoms with Crippen LogP contribution in [0, 0.1) is 0 Å². The van der Waals surface area contributed by atoms with Gasteiger partial charge in [0.15, 0.2) is 0 Å². The van der Waals surface area contributed by atoms with E-state index >= 15 is 0 Å². The van der Waals surface area contributed by atoms with Crippen molar-refractivity contribution >= 4 is 27.7 Å². The van der Waals surface area contributed by atoms with Crippen molar-refractivity contribution in [2.24, 2.45) is 0 Å². The summed E-state index contributed by atoms with van der Waals surface area (Å²) in [7, 11) is -3.67. The van der Waals surface area contributed by atoms with Crippen molar-refractivity contribution < 1.29 is 17.9 Å². The van der Waals surface area contributed by atoms with Gasteiger partial charge in [-0.2, -0.15) is 4.31 Å². The SMILES string of the molecule is CCOC(=O)N1CCN(S(=O)(=O)c2cnc(Cl)nc2)CC1. The lowest BCUT2D eigenvalue weighted by Gasteiger charge is -2.33. The Bertz CT molecular complexity index is 599. The minimum Gasteiger partial charge on any atom is -0.450 e. The Morgan fingerprint density at radius 1 is 1.29 bits per heavy atom. The topological polar surface area (TPSA) is 92.7 Å². The molecular formula is C11H15ClN4O4S. The zero-order valence-electron chi connectivity index (χ0n) is 11.4. The number of halogens is 1. The van der Waals surface area contributed by atoms with E-state index in [4.69, 9.17) is 16.3 Å². The second-order valence-corrected chi connectivity index (χ2v) is 6.55. The van der Waals surface area contributed by atoms with Gasteiger partial charge in [0.2, 0.25) is 15.3 Å². The number of sulfonamides is 1. The highest BCUT2D eigenvalue weighted by Crippen LogP contribution is 2.17. The molecule has 10 heteroatoms. The molecule has 0 radical (unpaired) electrons. The molecule has 8 nitrogen and oxygen atoms in total. The molecule has 0 saturated carbocycles. The van der Waals surface area contributed by atoms with Gasteiger partial charge in [-0.3, -0.25) is 0 Å². The van der Waals surface area contributed by atoms with Gasteiger partial charge in [-0.1, -0.05) is 0 Å². The second-order valence-electron chi connectivity index (χ2n) is 4.28. The summed E-state index contributed by atoms with van der Waals surface area (Å²) in [5.41, 5.74) is 0. The quantitative estimate of drug-likeness (QED) is 0.751. The molecule has 0 bridgehead atoms. The number of carbonyl (C=O) groups is 1. The Hall–Kier alpha value is -1.45. The molecule has 1 fully saturated rings. The van der Waals surface area contributed by atoms with Crippen LogP contribution in [0.25, 0.3) is 0 Å². The molecule has 0 unspecified atom stereocenters. The number of carbonyl (C=O) groups excluding carboxylic acids is 1. The first-order chi connectivity index (χ1) is 9.95. The van der Waals surface area contributed by atoms with E-state index in [1.165, 1.54) is 21.6 Å². The average Bonchev–Trinajstić information content (AvgIpc) is 2.48. The molecule has 1 saturated heterocycles. The van der Waals surface area contributed by atoms with Gasteiger partial charge in [0, 0.05) is 26.2 Å². The van der Waals surface area contributed by atoms with E-state index in [1.807, 2.05) is 0 Å². The van der Waals surface area contributed by atoms with Crippen LogP contribution in [0.15, 0.2) is 17.3 Å². The molecule has 1 aliphatic heterocycles. The minimum atomic E-state index is -3.67. The molecule has 0 aliphatic carbocycles. The van der Waals surface area contributed by atoms with E-state index in [1.54, 1.807) is 6.92 Å². The number of hydrogen-bond acceptors (Lipinski definition) is 6. The van der Waals surface area contributed by atoms with Crippen molar-refractivity contribution in [3.63, 3.8) is 0 Å². The number of rotatable bonds is 3. The van der Waals surface area contributed by atoms with Gasteiger partial charge in [-0.25, -0.2) is 23.2 Å². The number of aromatic nitrogens is 2. The van der Waals surface area contributed by atoms with E-state index in [0.29, 0.717) is 6.61 Å². The summed E-state index contributed by atoms with van der Waals surface area (Å²) in [4.78, 5) is 20.4. The van der Waals surface area contributed by atoms with Gasteiger partial charge in [0.1, 0.15) is 4.90 Å². The van der Waals surface area contributed by atoms with E-state index in [0.717, 1.165) is 0 Å². The van der Waals surface area contributed by atoms with Crippen LogP contribution in [0.3, 0.4) is 0 Å². The maximum absolute atomic E-state index is 12.4. The number of amides is 1. The lowest BCUT2D eigenvalue weighted by Crippen LogP contribution is -2.50. The van der Waals surface area contributed by atoms with Crippen molar-refractivity contribution in [1.29, 1.82) is 0 Å². The molecule has 0 aromatic carbocycles. The molecule has 1 amide bonds. The number of nitrogens with zero attached hydrogens (tertiary/aromatic N) is 4. The van der Waals surface area contributed by atoms with E-state index in [-0.39, 0.29) is 36.4 Å². The fraction of sp³-hybridized carbons (Fsp3) is 0.545. The van der Waals surface area contributed by atoms with Gasteiger partial charge < -0.3 is 9.64 Å². The van der Waals surface area contributed by atoms with Crippen molar-refractivity contribution in [2.45, 2.75) is 11.8 Å². The third kappa shape index (κ3) is 3.60. The van der Waals surface area contributed by atoms with Crippen LogP contribution in [0.5, 0.6) is 0 Å². The van der Waals surface area contributed by atoms with Crippen molar-refractivity contribution in [1.82, 2.24) is 19.2 Å². The van der Waals surface area contributed by atoms with Crippen molar-refractivity contribution in [3.8, 4) is 0 Å². The zero-order chi connectivity index (χ0) is 15.5. The van der Waals surface area contributed by atoms with Crippen molar-refractivity contribution in [3.05, 3.63) is 17.7 Å². The Balaban J connectivity index is 2.04. The largest absolute Gasteiger partial charge is 0.450 e. The summed E-state index contributed by atoms with van der Waals surface area (Å²) >= 11 is 5.54. The van der Waals surface area contributed by atoms with E-state index in [2.05, 4.69) is 9.97 Å². The molecule has 0 spiro atoms. The van der Waals surface area contributed by atoms with E-state index < -0.39 is 16.1 Å². The molecule has 1 aromatic heterocycles. The van der Waals surface area contributed by atoms with Crippen LogP contribution in [-0.2, 0) is 14.8 Å².